The average molecular weight is 380 g/mol. The van der Waals surface area contributed by atoms with Gasteiger partial charge in [-0.2, -0.15) is 0 Å². The minimum atomic E-state index is 0.138. The minimum absolute atomic E-state index is 0.138. The Balaban J connectivity index is 1.37. The number of thioether (sulfide) groups is 1. The number of aromatic nitrogens is 2. The number of imidazole rings is 1. The first-order valence-corrected chi connectivity index (χ1v) is 10.6. The Bertz CT molecular complexity index is 880. The second-order valence-corrected chi connectivity index (χ2v) is 8.27. The molecule has 0 spiro atoms. The van der Waals surface area contributed by atoms with E-state index in [0.717, 1.165) is 40.4 Å². The lowest BCUT2D eigenvalue weighted by Gasteiger charge is -2.31. The van der Waals surface area contributed by atoms with Gasteiger partial charge in [-0.25, -0.2) is 4.98 Å². The Morgan fingerprint density at radius 2 is 1.93 bits per heavy atom. The molecule has 1 aliphatic carbocycles. The molecule has 1 amide bonds. The third-order valence-electron chi connectivity index (χ3n) is 5.34. The van der Waals surface area contributed by atoms with Gasteiger partial charge in [-0.15, -0.1) is 11.8 Å². The SMILES string of the molecule is CN(C(=O)c1ccc(SCc2cn3ccccc3n2)cc1)C1CCCCC1. The van der Waals surface area contributed by atoms with E-state index in [-0.39, 0.29) is 5.91 Å². The van der Waals surface area contributed by atoms with E-state index in [2.05, 4.69) is 11.2 Å². The van der Waals surface area contributed by atoms with Crippen molar-refractivity contribution in [2.45, 2.75) is 48.8 Å². The van der Waals surface area contributed by atoms with Gasteiger partial charge in [-0.05, 0) is 49.2 Å². The molecule has 4 rings (SSSR count). The van der Waals surface area contributed by atoms with E-state index in [4.69, 9.17) is 0 Å². The molecule has 4 nitrogen and oxygen atoms in total. The number of amides is 1. The molecule has 27 heavy (non-hydrogen) atoms. The second kappa shape index (κ2) is 8.17. The van der Waals surface area contributed by atoms with E-state index in [1.165, 1.54) is 19.3 Å². The van der Waals surface area contributed by atoms with Crippen molar-refractivity contribution in [1.29, 1.82) is 0 Å². The zero-order valence-corrected chi connectivity index (χ0v) is 16.5. The number of benzene rings is 1. The van der Waals surface area contributed by atoms with Crippen LogP contribution in [0.1, 0.15) is 48.2 Å². The zero-order valence-electron chi connectivity index (χ0n) is 15.7. The zero-order chi connectivity index (χ0) is 18.6. The van der Waals surface area contributed by atoms with Crippen LogP contribution in [0.25, 0.3) is 5.65 Å². The van der Waals surface area contributed by atoms with Gasteiger partial charge in [0.15, 0.2) is 0 Å². The lowest BCUT2D eigenvalue weighted by atomic mass is 9.94. The van der Waals surface area contributed by atoms with Crippen LogP contribution in [0.4, 0.5) is 0 Å². The maximum Gasteiger partial charge on any atom is 0.253 e. The van der Waals surface area contributed by atoms with Gasteiger partial charge in [0.25, 0.3) is 5.91 Å². The summed E-state index contributed by atoms with van der Waals surface area (Å²) in [6.45, 7) is 0. The van der Waals surface area contributed by atoms with Crippen molar-refractivity contribution in [3.8, 4) is 0 Å². The van der Waals surface area contributed by atoms with Gasteiger partial charge >= 0.3 is 0 Å². The quantitative estimate of drug-likeness (QED) is 0.584. The van der Waals surface area contributed by atoms with Gasteiger partial charge in [0.05, 0.1) is 5.69 Å². The Morgan fingerprint density at radius 3 is 2.67 bits per heavy atom. The fourth-order valence-corrected chi connectivity index (χ4v) is 4.53. The highest BCUT2D eigenvalue weighted by Gasteiger charge is 2.22. The summed E-state index contributed by atoms with van der Waals surface area (Å²) >= 11 is 1.74. The van der Waals surface area contributed by atoms with Crippen molar-refractivity contribution in [2.24, 2.45) is 0 Å². The molecule has 1 aromatic carbocycles. The third kappa shape index (κ3) is 4.19. The first-order chi connectivity index (χ1) is 13.2. The molecule has 0 aliphatic heterocycles. The molecule has 5 heteroatoms. The summed E-state index contributed by atoms with van der Waals surface area (Å²) in [6.07, 6.45) is 10.1. The van der Waals surface area contributed by atoms with Crippen molar-refractivity contribution in [1.82, 2.24) is 14.3 Å². The van der Waals surface area contributed by atoms with Gasteiger partial charge < -0.3 is 9.30 Å². The van der Waals surface area contributed by atoms with Crippen LogP contribution >= 0.6 is 11.8 Å². The fourth-order valence-electron chi connectivity index (χ4n) is 3.75. The molecule has 0 atom stereocenters. The largest absolute Gasteiger partial charge is 0.339 e. The summed E-state index contributed by atoms with van der Waals surface area (Å²) in [7, 11) is 1.95. The Morgan fingerprint density at radius 1 is 1.15 bits per heavy atom. The van der Waals surface area contributed by atoms with Crippen molar-refractivity contribution in [2.75, 3.05) is 7.05 Å². The van der Waals surface area contributed by atoms with Crippen LogP contribution in [0.5, 0.6) is 0 Å². The first kappa shape index (κ1) is 18.1. The molecule has 1 aliphatic rings. The van der Waals surface area contributed by atoms with E-state index in [0.29, 0.717) is 6.04 Å². The first-order valence-electron chi connectivity index (χ1n) is 9.63. The third-order valence-corrected chi connectivity index (χ3v) is 6.39. The van der Waals surface area contributed by atoms with E-state index in [1.807, 2.05) is 65.0 Å². The summed E-state index contributed by atoms with van der Waals surface area (Å²) in [6, 6.07) is 14.4. The predicted octanol–water partition coefficient (Wildman–Crippen LogP) is 5.03. The molecular weight excluding hydrogens is 354 g/mol. The van der Waals surface area contributed by atoms with Gasteiger partial charge in [-0.1, -0.05) is 25.3 Å². The molecule has 2 aromatic heterocycles. The minimum Gasteiger partial charge on any atom is -0.339 e. The maximum absolute atomic E-state index is 12.7. The van der Waals surface area contributed by atoms with Crippen molar-refractivity contribution < 1.29 is 4.79 Å². The monoisotopic (exact) mass is 379 g/mol. The standard InChI is InChI=1S/C22H25N3OS/c1-24(19-7-3-2-4-8-19)22(26)17-10-12-20(13-11-17)27-16-18-15-25-14-6-5-9-21(25)23-18/h5-6,9-15,19H,2-4,7-8,16H2,1H3. The molecule has 0 bridgehead atoms. The fraction of sp³-hybridized carbons (Fsp3) is 0.364. The normalized spacial score (nSPS) is 15.1. The van der Waals surface area contributed by atoms with Crippen LogP contribution in [0.2, 0.25) is 0 Å². The van der Waals surface area contributed by atoms with Crippen LogP contribution < -0.4 is 0 Å². The maximum atomic E-state index is 12.7. The predicted molar refractivity (Wildman–Crippen MR) is 110 cm³/mol. The van der Waals surface area contributed by atoms with Crippen LogP contribution in [-0.4, -0.2) is 33.3 Å². The van der Waals surface area contributed by atoms with Crippen LogP contribution in [0, 0.1) is 0 Å². The number of hydrogen-bond donors (Lipinski definition) is 0. The van der Waals surface area contributed by atoms with Gasteiger partial charge in [0, 0.05) is 41.7 Å². The molecule has 140 valence electrons. The number of carbonyl (C=O) groups excluding carboxylic acids is 1. The van der Waals surface area contributed by atoms with Gasteiger partial charge in [0.2, 0.25) is 0 Å². The van der Waals surface area contributed by atoms with E-state index >= 15 is 0 Å². The number of carbonyl (C=O) groups is 1. The number of rotatable bonds is 5. The summed E-state index contributed by atoms with van der Waals surface area (Å²) in [5, 5.41) is 0. The molecule has 0 saturated heterocycles. The van der Waals surface area contributed by atoms with E-state index in [9.17, 15) is 4.79 Å². The topological polar surface area (TPSA) is 37.6 Å². The molecule has 1 fully saturated rings. The van der Waals surface area contributed by atoms with Gasteiger partial charge in [-0.3, -0.25) is 4.79 Å². The van der Waals surface area contributed by atoms with Crippen molar-refractivity contribution in [3.63, 3.8) is 0 Å². The smallest absolute Gasteiger partial charge is 0.253 e. The lowest BCUT2D eigenvalue weighted by molar-refractivity contribution is 0.0696. The highest BCUT2D eigenvalue weighted by molar-refractivity contribution is 7.98. The summed E-state index contributed by atoms with van der Waals surface area (Å²) < 4.78 is 2.04. The van der Waals surface area contributed by atoms with Crippen LogP contribution in [-0.2, 0) is 5.75 Å². The molecule has 1 saturated carbocycles. The molecule has 2 heterocycles. The number of pyridine rings is 1. The molecule has 3 aromatic rings. The van der Waals surface area contributed by atoms with E-state index < -0.39 is 0 Å². The molecular formula is C22H25N3OS. The molecule has 0 radical (unpaired) electrons. The average Bonchev–Trinajstić information content (AvgIpc) is 3.15. The highest BCUT2D eigenvalue weighted by atomic mass is 32.2. The summed E-state index contributed by atoms with van der Waals surface area (Å²) in [5.41, 5.74) is 2.81. The van der Waals surface area contributed by atoms with Gasteiger partial charge in [0.1, 0.15) is 5.65 Å². The Labute approximate surface area is 164 Å². The number of hydrogen-bond acceptors (Lipinski definition) is 3. The lowest BCUT2D eigenvalue weighted by Crippen LogP contribution is -2.38. The molecule has 0 N–H and O–H groups in total. The number of fused-ring (bicyclic) bond motifs is 1. The van der Waals surface area contributed by atoms with E-state index in [1.54, 1.807) is 11.8 Å². The second-order valence-electron chi connectivity index (χ2n) is 7.22. The number of nitrogens with zero attached hydrogens (tertiary/aromatic N) is 3. The molecule has 0 unspecified atom stereocenters. The summed E-state index contributed by atoms with van der Waals surface area (Å²) in [4.78, 5) is 20.5. The van der Waals surface area contributed by atoms with Crippen molar-refractivity contribution in [3.05, 3.63) is 66.1 Å². The van der Waals surface area contributed by atoms with Crippen molar-refractivity contribution >= 4 is 23.3 Å². The highest BCUT2D eigenvalue weighted by Crippen LogP contribution is 2.25. The Hall–Kier alpha value is -2.27. The van der Waals surface area contributed by atoms with Crippen LogP contribution in [0.3, 0.4) is 0 Å². The Kier molecular flexibility index (Phi) is 5.48. The van der Waals surface area contributed by atoms with Crippen LogP contribution in [0.15, 0.2) is 59.8 Å². The summed E-state index contributed by atoms with van der Waals surface area (Å²) in [5.74, 6) is 0.954.